The van der Waals surface area contributed by atoms with Crippen LogP contribution in [0, 0.1) is 0 Å². The summed E-state index contributed by atoms with van der Waals surface area (Å²) in [6, 6.07) is 19.0. The Hall–Kier alpha value is -1.16. The average molecular weight is 501 g/mol. The van der Waals surface area contributed by atoms with Crippen LogP contribution in [-0.2, 0) is 0 Å². The minimum absolute atomic E-state index is 1.01. The summed E-state index contributed by atoms with van der Waals surface area (Å²) in [7, 11) is 0. The Morgan fingerprint density at radius 3 is 1.77 bits per heavy atom. The van der Waals surface area contributed by atoms with Crippen LogP contribution in [0.3, 0.4) is 0 Å². The number of hydrogen-bond donors (Lipinski definition) is 0. The smallest absolute Gasteiger partial charge is 0.155 e. The predicted molar refractivity (Wildman–Crippen MR) is 143 cm³/mol. The molecule has 3 heterocycles. The summed E-state index contributed by atoms with van der Waals surface area (Å²) in [5.74, 6) is 0. The van der Waals surface area contributed by atoms with Crippen LogP contribution in [0.25, 0.3) is 36.9 Å². The lowest BCUT2D eigenvalue weighted by atomic mass is 10.1. The van der Waals surface area contributed by atoms with Crippen molar-refractivity contribution in [2.24, 2.45) is 0 Å². The molecule has 0 spiro atoms. The van der Waals surface area contributed by atoms with E-state index in [0.29, 0.717) is 0 Å². The van der Waals surface area contributed by atoms with Gasteiger partial charge in [-0.25, -0.2) is 9.97 Å². The van der Waals surface area contributed by atoms with Crippen LogP contribution in [-0.4, -0.2) is 22.5 Å². The Morgan fingerprint density at radius 2 is 1.23 bits per heavy atom. The maximum absolute atomic E-state index is 4.84. The van der Waals surface area contributed by atoms with E-state index in [4.69, 9.17) is 9.97 Å². The highest BCUT2D eigenvalue weighted by molar-refractivity contribution is 8.40. The number of fused-ring (bicyclic) bond motifs is 1. The van der Waals surface area contributed by atoms with E-state index in [9.17, 15) is 0 Å². The molecule has 0 amide bonds. The minimum Gasteiger partial charge on any atom is -0.223 e. The number of thioether (sulfide) groups is 4. The third-order valence-electron chi connectivity index (χ3n) is 4.36. The number of aromatic nitrogens is 2. The molecule has 4 aromatic rings. The van der Waals surface area contributed by atoms with Gasteiger partial charge in [0, 0.05) is 11.1 Å². The zero-order valence-corrected chi connectivity index (χ0v) is 21.0. The average Bonchev–Trinajstić information content (AvgIpc) is 3.47. The van der Waals surface area contributed by atoms with Crippen molar-refractivity contribution in [3.8, 4) is 21.1 Å². The van der Waals surface area contributed by atoms with E-state index in [2.05, 4.69) is 55.0 Å². The molecule has 0 bridgehead atoms. The summed E-state index contributed by atoms with van der Waals surface area (Å²) in [4.78, 5) is 11.7. The van der Waals surface area contributed by atoms with Crippen LogP contribution in [0.1, 0.15) is 5.56 Å². The fourth-order valence-corrected chi connectivity index (χ4v) is 9.92. The van der Waals surface area contributed by atoms with Gasteiger partial charge in [-0.1, -0.05) is 101 Å². The zero-order valence-electron chi connectivity index (χ0n) is 16.1. The molecule has 150 valence electrons. The lowest BCUT2D eigenvalue weighted by molar-refractivity contribution is 1.48. The molecule has 0 unspecified atom stereocenters. The van der Waals surface area contributed by atoms with Gasteiger partial charge in [-0.2, -0.15) is 0 Å². The van der Waals surface area contributed by atoms with E-state index in [1.807, 2.05) is 65.2 Å². The third-order valence-corrected chi connectivity index (χ3v) is 11.6. The van der Waals surface area contributed by atoms with Gasteiger partial charge in [0.2, 0.25) is 0 Å². The van der Waals surface area contributed by atoms with Crippen molar-refractivity contribution in [2.45, 2.75) is 0 Å². The molecule has 0 fully saturated rings. The highest BCUT2D eigenvalue weighted by atomic mass is 32.3. The highest BCUT2D eigenvalue weighted by Crippen LogP contribution is 2.56. The van der Waals surface area contributed by atoms with Crippen LogP contribution in [0.4, 0.5) is 0 Å². The van der Waals surface area contributed by atoms with E-state index >= 15 is 0 Å². The summed E-state index contributed by atoms with van der Waals surface area (Å²) in [6.07, 6.45) is 6.56. The van der Waals surface area contributed by atoms with Crippen LogP contribution >= 0.6 is 69.7 Å². The van der Waals surface area contributed by atoms with Gasteiger partial charge < -0.3 is 0 Å². The normalized spacial score (nSPS) is 14.1. The number of thiazole rings is 2. The first-order valence-corrected chi connectivity index (χ1v) is 14.8. The van der Waals surface area contributed by atoms with Gasteiger partial charge in [-0.3, -0.25) is 0 Å². The number of hydrogen-bond acceptors (Lipinski definition) is 8. The Morgan fingerprint density at radius 1 is 0.700 bits per heavy atom. The SMILES string of the molecule is CSC1=C(SC)SC(=Cc2ccc(-c3nc4sc(-c5ccccc5)nc4s3)cc2)S1. The summed E-state index contributed by atoms with van der Waals surface area (Å²) in [5, 5.41) is 2.07. The van der Waals surface area contributed by atoms with Crippen molar-refractivity contribution >= 4 is 85.5 Å². The van der Waals surface area contributed by atoms with Crippen LogP contribution < -0.4 is 0 Å². The van der Waals surface area contributed by atoms with Gasteiger partial charge in [-0.15, -0.1) is 23.5 Å². The molecular formula is C22H16N2S6. The summed E-state index contributed by atoms with van der Waals surface area (Å²) in [5.41, 5.74) is 3.52. The first kappa shape index (κ1) is 20.7. The molecule has 1 aliphatic heterocycles. The molecule has 0 radical (unpaired) electrons. The third kappa shape index (κ3) is 4.26. The number of benzene rings is 2. The summed E-state index contributed by atoms with van der Waals surface area (Å²) >= 11 is 10.7. The van der Waals surface area contributed by atoms with Gasteiger partial charge in [0.15, 0.2) is 9.66 Å². The largest absolute Gasteiger partial charge is 0.223 e. The van der Waals surface area contributed by atoms with Crippen molar-refractivity contribution in [2.75, 3.05) is 12.5 Å². The molecule has 0 atom stereocenters. The van der Waals surface area contributed by atoms with E-state index in [1.165, 1.54) is 18.3 Å². The second-order valence-electron chi connectivity index (χ2n) is 6.29. The van der Waals surface area contributed by atoms with Crippen molar-refractivity contribution in [3.63, 3.8) is 0 Å². The monoisotopic (exact) mass is 500 g/mol. The summed E-state index contributed by atoms with van der Waals surface area (Å²) < 4.78 is 4.14. The highest BCUT2D eigenvalue weighted by Gasteiger charge is 2.20. The van der Waals surface area contributed by atoms with E-state index in [1.54, 1.807) is 22.7 Å². The Labute approximate surface area is 200 Å². The fraction of sp³-hybridized carbons (Fsp3) is 0.0909. The lowest BCUT2D eigenvalue weighted by Gasteiger charge is -2.00. The topological polar surface area (TPSA) is 25.8 Å². The molecule has 2 aromatic carbocycles. The molecule has 2 aromatic heterocycles. The molecule has 1 aliphatic rings. The quantitative estimate of drug-likeness (QED) is 0.272. The van der Waals surface area contributed by atoms with Crippen molar-refractivity contribution in [3.05, 3.63) is 72.9 Å². The fourth-order valence-electron chi connectivity index (χ4n) is 2.92. The number of rotatable bonds is 5. The molecule has 0 saturated carbocycles. The minimum atomic E-state index is 1.01. The number of nitrogens with zero attached hydrogens (tertiary/aromatic N) is 2. The van der Waals surface area contributed by atoms with E-state index < -0.39 is 0 Å². The molecule has 2 nitrogen and oxygen atoms in total. The maximum atomic E-state index is 4.84. The maximum Gasteiger partial charge on any atom is 0.155 e. The van der Waals surface area contributed by atoms with Gasteiger partial charge in [0.25, 0.3) is 0 Å². The predicted octanol–water partition coefficient (Wildman–Crippen LogP) is 8.72. The second-order valence-corrected chi connectivity index (χ2v) is 12.8. The molecule has 30 heavy (non-hydrogen) atoms. The van der Waals surface area contributed by atoms with Gasteiger partial charge in [-0.05, 0) is 24.2 Å². The first-order valence-electron chi connectivity index (χ1n) is 9.06. The molecule has 0 saturated heterocycles. The van der Waals surface area contributed by atoms with Gasteiger partial charge >= 0.3 is 0 Å². The molecular weight excluding hydrogens is 485 g/mol. The Balaban J connectivity index is 1.35. The Bertz CT molecular complexity index is 1200. The molecule has 0 N–H and O–H groups in total. The van der Waals surface area contributed by atoms with Crippen LogP contribution in [0.2, 0.25) is 0 Å². The molecule has 0 aliphatic carbocycles. The van der Waals surface area contributed by atoms with Crippen molar-refractivity contribution < 1.29 is 0 Å². The van der Waals surface area contributed by atoms with Gasteiger partial charge in [0.05, 0.1) is 12.7 Å². The van der Waals surface area contributed by atoms with Crippen molar-refractivity contribution in [1.82, 2.24) is 9.97 Å². The zero-order chi connectivity index (χ0) is 20.5. The second kappa shape index (κ2) is 9.14. The van der Waals surface area contributed by atoms with E-state index in [-0.39, 0.29) is 0 Å². The first-order chi connectivity index (χ1) is 14.7. The van der Waals surface area contributed by atoms with Gasteiger partial charge in [0.1, 0.15) is 10.0 Å². The standard InChI is InChI=1S/C22H16N2S6/c1-25-21-22(26-2)28-16(27-21)12-13-8-10-15(11-9-13)18-24-20-19(30-18)23-17(29-20)14-6-4-3-5-7-14/h3-12H,1-2H3. The lowest BCUT2D eigenvalue weighted by Crippen LogP contribution is -1.78. The summed E-state index contributed by atoms with van der Waals surface area (Å²) in [6.45, 7) is 0. The van der Waals surface area contributed by atoms with Crippen LogP contribution in [0.15, 0.2) is 67.3 Å². The van der Waals surface area contributed by atoms with Crippen molar-refractivity contribution in [1.29, 1.82) is 0 Å². The molecule has 5 rings (SSSR count). The van der Waals surface area contributed by atoms with Crippen LogP contribution in [0.5, 0.6) is 0 Å². The Kier molecular flexibility index (Phi) is 6.32. The van der Waals surface area contributed by atoms with E-state index in [0.717, 1.165) is 30.8 Å². The molecule has 8 heteroatoms.